The lowest BCUT2D eigenvalue weighted by Gasteiger charge is -2.41. The quantitative estimate of drug-likeness (QED) is 0.868. The highest BCUT2D eigenvalue weighted by molar-refractivity contribution is 7.10. The summed E-state index contributed by atoms with van der Waals surface area (Å²) < 4.78 is 5.44. The molecule has 1 aromatic rings. The topological polar surface area (TPSA) is 24.5 Å². The fourth-order valence-electron chi connectivity index (χ4n) is 2.59. The highest BCUT2D eigenvalue weighted by Gasteiger charge is 2.28. The number of rotatable bonds is 6. The highest BCUT2D eigenvalue weighted by atomic mass is 32.1. The van der Waals surface area contributed by atoms with E-state index < -0.39 is 0 Å². The van der Waals surface area contributed by atoms with Gasteiger partial charge in [0.1, 0.15) is 0 Å². The number of thiophene rings is 1. The second kappa shape index (κ2) is 6.84. The van der Waals surface area contributed by atoms with Crippen molar-refractivity contribution < 1.29 is 4.74 Å². The minimum absolute atomic E-state index is 0.189. The zero-order chi connectivity index (χ0) is 13.7. The van der Waals surface area contributed by atoms with Crippen molar-refractivity contribution in [2.45, 2.75) is 38.8 Å². The minimum atomic E-state index is 0.189. The van der Waals surface area contributed by atoms with Gasteiger partial charge in [0, 0.05) is 36.1 Å². The summed E-state index contributed by atoms with van der Waals surface area (Å²) in [6.07, 6.45) is 1.14. The summed E-state index contributed by atoms with van der Waals surface area (Å²) in [5.74, 6) is 0. The molecule has 1 aromatic heterocycles. The van der Waals surface area contributed by atoms with Crippen molar-refractivity contribution in [3.63, 3.8) is 0 Å². The largest absolute Gasteiger partial charge is 0.379 e. The summed E-state index contributed by atoms with van der Waals surface area (Å²) in [6, 6.07) is 4.85. The predicted octanol–water partition coefficient (Wildman–Crippen LogP) is 2.90. The van der Waals surface area contributed by atoms with Gasteiger partial charge in [0.15, 0.2) is 0 Å². The minimum Gasteiger partial charge on any atom is -0.379 e. The van der Waals surface area contributed by atoms with E-state index in [1.807, 2.05) is 11.3 Å². The van der Waals surface area contributed by atoms with Crippen molar-refractivity contribution in [3.05, 3.63) is 22.4 Å². The summed E-state index contributed by atoms with van der Waals surface area (Å²) >= 11 is 1.85. The molecule has 4 heteroatoms. The third kappa shape index (κ3) is 4.02. The molecule has 1 aliphatic heterocycles. The zero-order valence-corrected chi connectivity index (χ0v) is 13.1. The van der Waals surface area contributed by atoms with Crippen LogP contribution in [0.5, 0.6) is 0 Å². The summed E-state index contributed by atoms with van der Waals surface area (Å²) in [7, 11) is 0. The van der Waals surface area contributed by atoms with Gasteiger partial charge in [0.2, 0.25) is 0 Å². The molecule has 1 fully saturated rings. The maximum Gasteiger partial charge on any atom is 0.0594 e. The van der Waals surface area contributed by atoms with Crippen molar-refractivity contribution in [3.8, 4) is 0 Å². The van der Waals surface area contributed by atoms with Crippen LogP contribution in [0.25, 0.3) is 0 Å². The van der Waals surface area contributed by atoms with Gasteiger partial charge in [0.05, 0.1) is 13.2 Å². The van der Waals surface area contributed by atoms with E-state index >= 15 is 0 Å². The number of hydrogen-bond donors (Lipinski definition) is 1. The molecular formula is C15H26N2OS. The van der Waals surface area contributed by atoms with E-state index in [-0.39, 0.29) is 5.54 Å². The number of nitrogens with one attached hydrogen (secondary N) is 1. The van der Waals surface area contributed by atoms with Crippen LogP contribution < -0.4 is 5.32 Å². The Morgan fingerprint density at radius 1 is 1.42 bits per heavy atom. The lowest BCUT2D eigenvalue weighted by Crippen LogP contribution is -2.55. The highest BCUT2D eigenvalue weighted by Crippen LogP contribution is 2.23. The van der Waals surface area contributed by atoms with Crippen LogP contribution in [0.15, 0.2) is 17.5 Å². The molecule has 1 aliphatic rings. The molecule has 0 bridgehead atoms. The summed E-state index contributed by atoms with van der Waals surface area (Å²) in [6.45, 7) is 11.7. The predicted molar refractivity (Wildman–Crippen MR) is 81.8 cm³/mol. The molecule has 108 valence electrons. The van der Waals surface area contributed by atoms with E-state index in [1.165, 1.54) is 4.88 Å². The Labute approximate surface area is 121 Å². The molecule has 1 unspecified atom stereocenters. The maximum atomic E-state index is 5.44. The van der Waals surface area contributed by atoms with E-state index in [2.05, 4.69) is 48.5 Å². The first-order valence-electron chi connectivity index (χ1n) is 7.23. The van der Waals surface area contributed by atoms with Crippen LogP contribution in [-0.2, 0) is 4.74 Å². The van der Waals surface area contributed by atoms with E-state index in [0.29, 0.717) is 6.04 Å². The molecule has 0 radical (unpaired) electrons. The van der Waals surface area contributed by atoms with Gasteiger partial charge in [-0.05, 0) is 31.7 Å². The zero-order valence-electron chi connectivity index (χ0n) is 12.3. The monoisotopic (exact) mass is 282 g/mol. The van der Waals surface area contributed by atoms with Gasteiger partial charge < -0.3 is 10.1 Å². The number of nitrogens with zero attached hydrogens (tertiary/aromatic N) is 1. The number of hydrogen-bond acceptors (Lipinski definition) is 4. The standard InChI is InChI=1S/C15H26N2OS/c1-4-13(14-6-5-11-19-14)16-12-15(2,3)17-7-9-18-10-8-17/h5-6,11,13,16H,4,7-10,12H2,1-3H3. The van der Waals surface area contributed by atoms with Gasteiger partial charge in [-0.1, -0.05) is 13.0 Å². The van der Waals surface area contributed by atoms with Crippen LogP contribution in [0.1, 0.15) is 38.1 Å². The number of ether oxygens (including phenoxy) is 1. The normalized spacial score (nSPS) is 19.5. The third-order valence-electron chi connectivity index (χ3n) is 3.94. The van der Waals surface area contributed by atoms with Crippen LogP contribution in [0.3, 0.4) is 0 Å². The molecule has 2 rings (SSSR count). The van der Waals surface area contributed by atoms with Crippen LogP contribution in [0.2, 0.25) is 0 Å². The second-order valence-electron chi connectivity index (χ2n) is 5.77. The first-order valence-corrected chi connectivity index (χ1v) is 8.11. The average molecular weight is 282 g/mol. The fourth-order valence-corrected chi connectivity index (χ4v) is 3.47. The first kappa shape index (κ1) is 15.0. The molecule has 0 aliphatic carbocycles. The van der Waals surface area contributed by atoms with Crippen LogP contribution in [0, 0.1) is 0 Å². The SMILES string of the molecule is CCC(NCC(C)(C)N1CCOCC1)c1cccs1. The molecule has 1 saturated heterocycles. The van der Waals surface area contributed by atoms with Crippen molar-refractivity contribution in [1.29, 1.82) is 0 Å². The molecular weight excluding hydrogens is 256 g/mol. The van der Waals surface area contributed by atoms with Gasteiger partial charge in [-0.2, -0.15) is 0 Å². The Kier molecular flexibility index (Phi) is 5.39. The van der Waals surface area contributed by atoms with E-state index in [0.717, 1.165) is 39.3 Å². The van der Waals surface area contributed by atoms with E-state index in [4.69, 9.17) is 4.74 Å². The summed E-state index contributed by atoms with van der Waals surface area (Å²) in [4.78, 5) is 3.98. The lowest BCUT2D eigenvalue weighted by atomic mass is 10.0. The number of morpholine rings is 1. The molecule has 0 amide bonds. The molecule has 0 saturated carbocycles. The van der Waals surface area contributed by atoms with E-state index in [1.54, 1.807) is 0 Å². The first-order chi connectivity index (χ1) is 9.13. The van der Waals surface area contributed by atoms with Crippen molar-refractivity contribution in [1.82, 2.24) is 10.2 Å². The van der Waals surface area contributed by atoms with Crippen LogP contribution >= 0.6 is 11.3 Å². The van der Waals surface area contributed by atoms with Gasteiger partial charge in [-0.15, -0.1) is 11.3 Å². The van der Waals surface area contributed by atoms with Crippen molar-refractivity contribution >= 4 is 11.3 Å². The molecule has 0 aromatic carbocycles. The third-order valence-corrected chi connectivity index (χ3v) is 4.93. The Morgan fingerprint density at radius 3 is 2.74 bits per heavy atom. The molecule has 3 nitrogen and oxygen atoms in total. The fraction of sp³-hybridized carbons (Fsp3) is 0.733. The van der Waals surface area contributed by atoms with Gasteiger partial charge in [0.25, 0.3) is 0 Å². The Balaban J connectivity index is 1.88. The molecule has 0 spiro atoms. The smallest absolute Gasteiger partial charge is 0.0594 e. The van der Waals surface area contributed by atoms with Crippen molar-refractivity contribution in [2.75, 3.05) is 32.8 Å². The van der Waals surface area contributed by atoms with Gasteiger partial charge >= 0.3 is 0 Å². The Bertz CT molecular complexity index is 358. The summed E-state index contributed by atoms with van der Waals surface area (Å²) in [5.41, 5.74) is 0.189. The molecule has 19 heavy (non-hydrogen) atoms. The van der Waals surface area contributed by atoms with Crippen LogP contribution in [-0.4, -0.2) is 43.3 Å². The molecule has 1 atom stereocenters. The molecule has 1 N–H and O–H groups in total. The van der Waals surface area contributed by atoms with Crippen molar-refractivity contribution in [2.24, 2.45) is 0 Å². The average Bonchev–Trinajstić information content (AvgIpc) is 2.94. The van der Waals surface area contributed by atoms with E-state index in [9.17, 15) is 0 Å². The lowest BCUT2D eigenvalue weighted by molar-refractivity contribution is -0.0104. The van der Waals surface area contributed by atoms with Crippen LogP contribution in [0.4, 0.5) is 0 Å². The Hall–Kier alpha value is -0.420. The second-order valence-corrected chi connectivity index (χ2v) is 6.75. The summed E-state index contributed by atoms with van der Waals surface area (Å²) in [5, 5.41) is 5.90. The maximum absolute atomic E-state index is 5.44. The Morgan fingerprint density at radius 2 is 2.16 bits per heavy atom. The van der Waals surface area contributed by atoms with Gasteiger partial charge in [-0.3, -0.25) is 4.90 Å². The molecule has 2 heterocycles. The van der Waals surface area contributed by atoms with Gasteiger partial charge in [-0.25, -0.2) is 0 Å².